The van der Waals surface area contributed by atoms with Gasteiger partial charge in [0, 0.05) is 5.69 Å². The highest BCUT2D eigenvalue weighted by molar-refractivity contribution is 5.94. The number of anilines is 2. The quantitative estimate of drug-likeness (QED) is 0.320. The summed E-state index contributed by atoms with van der Waals surface area (Å²) >= 11 is 0. The lowest BCUT2D eigenvalue weighted by atomic mass is 10.1. The molecule has 1 amide bonds. The average molecular weight is 443 g/mol. The first-order valence-electron chi connectivity index (χ1n) is 10.0. The lowest BCUT2D eigenvalue weighted by Gasteiger charge is -2.16. The van der Waals surface area contributed by atoms with Gasteiger partial charge in [0.15, 0.2) is 17.7 Å². The molecule has 32 heavy (non-hydrogen) atoms. The second-order valence-corrected chi connectivity index (χ2v) is 7.62. The van der Waals surface area contributed by atoms with Crippen molar-refractivity contribution in [2.24, 2.45) is 5.73 Å². The number of nitrogen functional groups attached to an aromatic ring is 1. The van der Waals surface area contributed by atoms with Crippen LogP contribution in [0.4, 0.5) is 11.5 Å². The lowest BCUT2D eigenvalue weighted by molar-refractivity contribution is -0.117. The van der Waals surface area contributed by atoms with Crippen molar-refractivity contribution in [3.05, 3.63) is 42.5 Å². The Morgan fingerprint density at radius 3 is 2.91 bits per heavy atom. The normalized spacial score (nSPS) is 24.0. The summed E-state index contributed by atoms with van der Waals surface area (Å²) in [7, 11) is 0. The van der Waals surface area contributed by atoms with E-state index in [1.807, 2.05) is 6.07 Å². The SMILES string of the molecule is C[C@H](N)C(=O)Nc1cccc(COC[C@H]2O[C@@H](n3cnc4c(N)ncnc43)[C@H](O)[C@@H]2O)c1. The largest absolute Gasteiger partial charge is 0.387 e. The van der Waals surface area contributed by atoms with E-state index in [1.165, 1.54) is 17.2 Å². The smallest absolute Gasteiger partial charge is 0.240 e. The van der Waals surface area contributed by atoms with E-state index in [-0.39, 0.29) is 24.9 Å². The Balaban J connectivity index is 1.37. The number of fused-ring (bicyclic) bond motifs is 1. The third-order valence-electron chi connectivity index (χ3n) is 5.16. The molecular formula is C20H25N7O5. The molecule has 12 nitrogen and oxygen atoms in total. The molecule has 0 bridgehead atoms. The molecule has 5 atom stereocenters. The molecule has 170 valence electrons. The average Bonchev–Trinajstić information content (AvgIpc) is 3.31. The molecule has 2 aromatic heterocycles. The van der Waals surface area contributed by atoms with Crippen LogP contribution in [0.2, 0.25) is 0 Å². The Labute approximate surface area is 183 Å². The number of ether oxygens (including phenoxy) is 2. The van der Waals surface area contributed by atoms with Gasteiger partial charge in [-0.25, -0.2) is 15.0 Å². The number of rotatable bonds is 7. The number of hydrogen-bond acceptors (Lipinski definition) is 10. The van der Waals surface area contributed by atoms with E-state index in [1.54, 1.807) is 25.1 Å². The number of hydrogen-bond donors (Lipinski definition) is 5. The van der Waals surface area contributed by atoms with E-state index in [9.17, 15) is 15.0 Å². The molecule has 0 aliphatic carbocycles. The predicted octanol–water partition coefficient (Wildman–Crippen LogP) is -0.470. The first-order valence-corrected chi connectivity index (χ1v) is 10.0. The number of nitrogens with one attached hydrogen (secondary N) is 1. The number of aromatic nitrogens is 4. The van der Waals surface area contributed by atoms with Crippen LogP contribution in [0.3, 0.4) is 0 Å². The highest BCUT2D eigenvalue weighted by Gasteiger charge is 2.44. The fourth-order valence-electron chi connectivity index (χ4n) is 3.44. The van der Waals surface area contributed by atoms with Crippen molar-refractivity contribution in [3.8, 4) is 0 Å². The van der Waals surface area contributed by atoms with Gasteiger partial charge in [0.05, 0.1) is 25.6 Å². The topological polar surface area (TPSA) is 184 Å². The van der Waals surface area contributed by atoms with Gasteiger partial charge in [-0.2, -0.15) is 0 Å². The van der Waals surface area contributed by atoms with Gasteiger partial charge in [0.2, 0.25) is 5.91 Å². The molecule has 1 fully saturated rings. The zero-order chi connectivity index (χ0) is 22.8. The molecule has 0 unspecified atom stereocenters. The van der Waals surface area contributed by atoms with Crippen LogP contribution < -0.4 is 16.8 Å². The number of imidazole rings is 1. The molecule has 12 heteroatoms. The molecular weight excluding hydrogens is 418 g/mol. The molecule has 3 heterocycles. The van der Waals surface area contributed by atoms with Crippen molar-refractivity contribution < 1.29 is 24.5 Å². The van der Waals surface area contributed by atoms with E-state index in [2.05, 4.69) is 20.3 Å². The van der Waals surface area contributed by atoms with Crippen molar-refractivity contribution in [1.82, 2.24) is 19.5 Å². The van der Waals surface area contributed by atoms with Gasteiger partial charge < -0.3 is 36.5 Å². The summed E-state index contributed by atoms with van der Waals surface area (Å²) in [6, 6.07) is 6.53. The van der Waals surface area contributed by atoms with Crippen molar-refractivity contribution in [2.45, 2.75) is 44.1 Å². The fraction of sp³-hybridized carbons (Fsp3) is 0.400. The fourth-order valence-corrected chi connectivity index (χ4v) is 3.44. The molecule has 7 N–H and O–H groups in total. The van der Waals surface area contributed by atoms with E-state index >= 15 is 0 Å². The minimum Gasteiger partial charge on any atom is -0.387 e. The molecule has 1 aliphatic rings. The summed E-state index contributed by atoms with van der Waals surface area (Å²) in [4.78, 5) is 23.9. The molecule has 1 aromatic carbocycles. The number of benzene rings is 1. The predicted molar refractivity (Wildman–Crippen MR) is 114 cm³/mol. The molecule has 1 aliphatic heterocycles. The number of amides is 1. The maximum Gasteiger partial charge on any atom is 0.240 e. The van der Waals surface area contributed by atoms with Crippen molar-refractivity contribution in [3.63, 3.8) is 0 Å². The molecule has 4 rings (SSSR count). The molecule has 3 aromatic rings. The van der Waals surface area contributed by atoms with Crippen molar-refractivity contribution >= 4 is 28.6 Å². The monoisotopic (exact) mass is 443 g/mol. The van der Waals surface area contributed by atoms with Crippen LogP contribution in [0.15, 0.2) is 36.9 Å². The van der Waals surface area contributed by atoms with Gasteiger partial charge in [-0.05, 0) is 24.6 Å². The van der Waals surface area contributed by atoms with Gasteiger partial charge in [-0.3, -0.25) is 9.36 Å². The number of nitrogens with zero attached hydrogens (tertiary/aromatic N) is 4. The molecule has 0 radical (unpaired) electrons. The Kier molecular flexibility index (Phi) is 6.30. The minimum atomic E-state index is -1.21. The van der Waals surface area contributed by atoms with Crippen LogP contribution in [0, 0.1) is 0 Å². The van der Waals surface area contributed by atoms with Crippen LogP contribution >= 0.6 is 0 Å². The van der Waals surface area contributed by atoms with Crippen molar-refractivity contribution in [2.75, 3.05) is 17.7 Å². The van der Waals surface area contributed by atoms with Crippen molar-refractivity contribution in [1.29, 1.82) is 0 Å². The number of nitrogens with two attached hydrogens (primary N) is 2. The zero-order valence-corrected chi connectivity index (χ0v) is 17.3. The van der Waals surface area contributed by atoms with Crippen LogP contribution in [-0.4, -0.2) is 66.6 Å². The van der Waals surface area contributed by atoms with Crippen LogP contribution in [-0.2, 0) is 20.9 Å². The summed E-state index contributed by atoms with van der Waals surface area (Å²) in [5.41, 5.74) is 13.6. The number of carbonyl (C=O) groups excluding carboxylic acids is 1. The first-order chi connectivity index (χ1) is 15.3. The Morgan fingerprint density at radius 1 is 1.31 bits per heavy atom. The Morgan fingerprint density at radius 2 is 2.12 bits per heavy atom. The molecule has 0 spiro atoms. The summed E-state index contributed by atoms with van der Waals surface area (Å²) in [5.74, 6) is -0.0781. The lowest BCUT2D eigenvalue weighted by Crippen LogP contribution is -2.33. The summed E-state index contributed by atoms with van der Waals surface area (Å²) in [6.07, 6.45) is -1.34. The van der Waals surface area contributed by atoms with Gasteiger partial charge in [0.25, 0.3) is 0 Å². The number of aliphatic hydroxyl groups excluding tert-OH is 2. The maximum atomic E-state index is 11.8. The third kappa shape index (κ3) is 4.40. The van der Waals surface area contributed by atoms with E-state index in [0.717, 1.165) is 5.56 Å². The number of aliphatic hydroxyl groups is 2. The van der Waals surface area contributed by atoms with Gasteiger partial charge in [0.1, 0.15) is 30.2 Å². The summed E-state index contributed by atoms with van der Waals surface area (Å²) in [5, 5.41) is 23.7. The maximum absolute atomic E-state index is 11.8. The van der Waals surface area contributed by atoms with Crippen LogP contribution in [0.5, 0.6) is 0 Å². The zero-order valence-electron chi connectivity index (χ0n) is 17.3. The van der Waals surface area contributed by atoms with Crippen LogP contribution in [0.1, 0.15) is 18.7 Å². The standard InChI is InChI=1S/C20H25N7O5/c1-10(21)19(30)26-12-4-2-3-11(5-12)6-31-7-13-15(28)16(29)20(32-13)27-9-25-14-17(22)23-8-24-18(14)27/h2-5,8-10,13,15-16,20,28-29H,6-7,21H2,1H3,(H,26,30)(H2,22,23,24)/t10-,13+,15+,16+,20+/m0/s1. The highest BCUT2D eigenvalue weighted by Crippen LogP contribution is 2.32. The highest BCUT2D eigenvalue weighted by atomic mass is 16.6. The summed E-state index contributed by atoms with van der Waals surface area (Å²) < 4.78 is 13.0. The third-order valence-corrected chi connectivity index (χ3v) is 5.16. The van der Waals surface area contributed by atoms with E-state index in [0.29, 0.717) is 16.9 Å². The van der Waals surface area contributed by atoms with Gasteiger partial charge in [-0.15, -0.1) is 0 Å². The first kappa shape index (κ1) is 22.0. The van der Waals surface area contributed by atoms with Gasteiger partial charge in [-0.1, -0.05) is 12.1 Å². The second kappa shape index (κ2) is 9.14. The second-order valence-electron chi connectivity index (χ2n) is 7.62. The molecule has 1 saturated heterocycles. The Bertz CT molecular complexity index is 1100. The Hall–Kier alpha value is -3.16. The van der Waals surface area contributed by atoms with Gasteiger partial charge >= 0.3 is 0 Å². The van der Waals surface area contributed by atoms with E-state index in [4.69, 9.17) is 20.9 Å². The van der Waals surface area contributed by atoms with E-state index < -0.39 is 30.6 Å². The number of carbonyl (C=O) groups is 1. The summed E-state index contributed by atoms with van der Waals surface area (Å²) in [6.45, 7) is 1.85. The minimum absolute atomic E-state index is 0.0366. The van der Waals surface area contributed by atoms with Crippen LogP contribution in [0.25, 0.3) is 11.2 Å². The molecule has 0 saturated carbocycles.